The van der Waals surface area contributed by atoms with E-state index in [2.05, 4.69) is 64.6 Å². The summed E-state index contributed by atoms with van der Waals surface area (Å²) in [6, 6.07) is 16.8. The fraction of sp³-hybridized carbons (Fsp3) is 0.304. The lowest BCUT2D eigenvalue weighted by Crippen LogP contribution is -2.27. The number of rotatable bonds is 4. The number of nitrogens with zero attached hydrogens (tertiary/aromatic N) is 6. The monoisotopic (exact) mass is 400 g/mol. The van der Waals surface area contributed by atoms with Crippen LogP contribution in [0, 0.1) is 13.8 Å². The van der Waals surface area contributed by atoms with Gasteiger partial charge in [-0.1, -0.05) is 36.4 Å². The highest BCUT2D eigenvalue weighted by molar-refractivity contribution is 5.84. The van der Waals surface area contributed by atoms with E-state index in [0.717, 1.165) is 35.9 Å². The van der Waals surface area contributed by atoms with Gasteiger partial charge in [-0.15, -0.1) is 5.10 Å². The summed E-state index contributed by atoms with van der Waals surface area (Å²) < 4.78 is 7.87. The minimum absolute atomic E-state index is 0.594. The number of ether oxygens (including phenoxy) is 1. The first-order valence-corrected chi connectivity index (χ1v) is 10.2. The van der Waals surface area contributed by atoms with Gasteiger partial charge in [-0.25, -0.2) is 9.67 Å². The number of aromatic nitrogens is 5. The molecule has 2 aromatic heterocycles. The van der Waals surface area contributed by atoms with Gasteiger partial charge < -0.3 is 4.74 Å². The minimum atomic E-state index is 0.594. The Morgan fingerprint density at radius 1 is 1.03 bits per heavy atom. The lowest BCUT2D eigenvalue weighted by Gasteiger charge is -2.18. The zero-order chi connectivity index (χ0) is 20.5. The highest BCUT2D eigenvalue weighted by atomic mass is 16.5. The molecule has 0 N–H and O–H groups in total. The van der Waals surface area contributed by atoms with Gasteiger partial charge in [0.1, 0.15) is 6.61 Å². The molecule has 2 aromatic carbocycles. The van der Waals surface area contributed by atoms with Gasteiger partial charge in [0, 0.05) is 24.0 Å². The Balaban J connectivity index is 1.39. The summed E-state index contributed by atoms with van der Waals surface area (Å²) in [4.78, 5) is 7.12. The van der Waals surface area contributed by atoms with Crippen LogP contribution >= 0.6 is 0 Å². The molecule has 0 saturated carbocycles. The topological polar surface area (TPSA) is 69.0 Å². The summed E-state index contributed by atoms with van der Waals surface area (Å²) in [7, 11) is 0. The third-order valence-corrected chi connectivity index (χ3v) is 5.51. The van der Waals surface area contributed by atoms with Gasteiger partial charge in [-0.2, -0.15) is 0 Å². The molecule has 0 saturated heterocycles. The van der Waals surface area contributed by atoms with E-state index in [-0.39, 0.29) is 0 Å². The van der Waals surface area contributed by atoms with Crippen molar-refractivity contribution >= 4 is 10.9 Å². The second-order valence-corrected chi connectivity index (χ2v) is 7.90. The van der Waals surface area contributed by atoms with E-state index >= 15 is 0 Å². The second kappa shape index (κ2) is 7.84. The van der Waals surface area contributed by atoms with Crippen molar-refractivity contribution in [3.63, 3.8) is 0 Å². The molecule has 0 spiro atoms. The molecule has 1 aliphatic heterocycles. The van der Waals surface area contributed by atoms with E-state index in [1.54, 1.807) is 0 Å². The van der Waals surface area contributed by atoms with Crippen molar-refractivity contribution in [2.24, 2.45) is 0 Å². The summed E-state index contributed by atoms with van der Waals surface area (Å²) in [5.74, 6) is 1.58. The van der Waals surface area contributed by atoms with Gasteiger partial charge in [0.05, 0.1) is 18.6 Å². The van der Waals surface area contributed by atoms with Crippen molar-refractivity contribution in [3.05, 3.63) is 76.6 Å². The second-order valence-electron chi connectivity index (χ2n) is 7.90. The molecule has 0 aliphatic carbocycles. The van der Waals surface area contributed by atoms with Crippen LogP contribution in [-0.4, -0.2) is 43.2 Å². The third-order valence-electron chi connectivity index (χ3n) is 5.51. The molecule has 5 rings (SSSR count). The lowest BCUT2D eigenvalue weighted by molar-refractivity contribution is 0.211. The van der Waals surface area contributed by atoms with Crippen LogP contribution in [0.5, 0.6) is 5.88 Å². The molecule has 0 atom stereocenters. The van der Waals surface area contributed by atoms with Crippen LogP contribution in [0.1, 0.15) is 28.1 Å². The summed E-state index contributed by atoms with van der Waals surface area (Å²) in [5.41, 5.74) is 5.73. The molecule has 4 aromatic rings. The number of tetrazole rings is 1. The van der Waals surface area contributed by atoms with E-state index < -0.39 is 0 Å². The van der Waals surface area contributed by atoms with Crippen LogP contribution < -0.4 is 4.74 Å². The first-order chi connectivity index (χ1) is 14.7. The standard InChI is InChI=1S/C23H24N6O/c1-16-10-17(2)20-12-19-14-28(8-9-30-23(19)24-21(20)11-16)15-22-25-26-27-29(22)13-18-6-4-3-5-7-18/h3-7,10-12H,8-9,13-15H2,1-2H3. The molecule has 0 fully saturated rings. The molecule has 0 bridgehead atoms. The van der Waals surface area contributed by atoms with Gasteiger partial charge >= 0.3 is 0 Å². The Hall–Kier alpha value is -3.32. The number of benzene rings is 2. The van der Waals surface area contributed by atoms with E-state index in [1.807, 2.05) is 22.9 Å². The van der Waals surface area contributed by atoms with Gasteiger partial charge in [-0.05, 0) is 53.1 Å². The molecule has 3 heterocycles. The predicted molar refractivity (Wildman–Crippen MR) is 114 cm³/mol. The Labute approximate surface area is 175 Å². The van der Waals surface area contributed by atoms with E-state index in [1.165, 1.54) is 22.1 Å². The average molecular weight is 400 g/mol. The largest absolute Gasteiger partial charge is 0.476 e. The van der Waals surface area contributed by atoms with Crippen LogP contribution in [0.4, 0.5) is 0 Å². The summed E-state index contributed by atoms with van der Waals surface area (Å²) in [6.45, 7) is 7.70. The first-order valence-electron chi connectivity index (χ1n) is 10.2. The molecule has 0 amide bonds. The molecule has 7 heteroatoms. The lowest BCUT2D eigenvalue weighted by atomic mass is 10.0. The molecule has 152 valence electrons. The number of pyridine rings is 1. The average Bonchev–Trinajstić information content (AvgIpc) is 3.05. The highest BCUT2D eigenvalue weighted by Crippen LogP contribution is 2.28. The highest BCUT2D eigenvalue weighted by Gasteiger charge is 2.20. The van der Waals surface area contributed by atoms with Crippen LogP contribution in [0.2, 0.25) is 0 Å². The first kappa shape index (κ1) is 18.7. The summed E-state index contributed by atoms with van der Waals surface area (Å²) in [6.07, 6.45) is 0. The Bertz CT molecular complexity index is 1190. The molecule has 0 unspecified atom stereocenters. The minimum Gasteiger partial charge on any atom is -0.476 e. The van der Waals surface area contributed by atoms with Gasteiger partial charge in [0.15, 0.2) is 5.82 Å². The summed E-state index contributed by atoms with van der Waals surface area (Å²) >= 11 is 0. The van der Waals surface area contributed by atoms with Gasteiger partial charge in [-0.3, -0.25) is 4.90 Å². The predicted octanol–water partition coefficient (Wildman–Crippen LogP) is 3.28. The number of fused-ring (bicyclic) bond motifs is 2. The third kappa shape index (κ3) is 3.76. The fourth-order valence-corrected chi connectivity index (χ4v) is 4.03. The smallest absolute Gasteiger partial charge is 0.218 e. The quantitative estimate of drug-likeness (QED) is 0.524. The van der Waals surface area contributed by atoms with Gasteiger partial charge in [0.25, 0.3) is 0 Å². The Morgan fingerprint density at radius 2 is 1.90 bits per heavy atom. The van der Waals surface area contributed by atoms with Crippen LogP contribution in [0.15, 0.2) is 48.5 Å². The van der Waals surface area contributed by atoms with Crippen LogP contribution in [0.3, 0.4) is 0 Å². The fourth-order valence-electron chi connectivity index (χ4n) is 4.03. The van der Waals surface area contributed by atoms with E-state index in [0.29, 0.717) is 19.7 Å². The van der Waals surface area contributed by atoms with Gasteiger partial charge in [0.2, 0.25) is 5.88 Å². The Kier molecular flexibility index (Phi) is 4.88. The van der Waals surface area contributed by atoms with Crippen LogP contribution in [-0.2, 0) is 19.6 Å². The zero-order valence-electron chi connectivity index (χ0n) is 17.2. The SMILES string of the molecule is Cc1cc(C)c2cc3c(nc2c1)OCCN(Cc1nnnn1Cc1ccccc1)C3. The van der Waals surface area contributed by atoms with Crippen molar-refractivity contribution in [3.8, 4) is 5.88 Å². The van der Waals surface area contributed by atoms with E-state index in [4.69, 9.17) is 9.72 Å². The van der Waals surface area contributed by atoms with Crippen molar-refractivity contribution in [2.45, 2.75) is 33.5 Å². The maximum Gasteiger partial charge on any atom is 0.218 e. The summed E-state index contributed by atoms with van der Waals surface area (Å²) in [5, 5.41) is 13.5. The maximum atomic E-state index is 6.00. The van der Waals surface area contributed by atoms with E-state index in [9.17, 15) is 0 Å². The number of hydrogen-bond acceptors (Lipinski definition) is 6. The van der Waals surface area contributed by atoms with Crippen molar-refractivity contribution in [2.75, 3.05) is 13.2 Å². The maximum absolute atomic E-state index is 6.00. The zero-order valence-corrected chi connectivity index (χ0v) is 17.2. The molecule has 0 radical (unpaired) electrons. The van der Waals surface area contributed by atoms with Crippen LogP contribution in [0.25, 0.3) is 10.9 Å². The normalized spacial score (nSPS) is 14.3. The van der Waals surface area contributed by atoms with Crippen molar-refractivity contribution in [1.29, 1.82) is 0 Å². The Morgan fingerprint density at radius 3 is 2.77 bits per heavy atom. The number of aryl methyl sites for hydroxylation is 2. The molecule has 30 heavy (non-hydrogen) atoms. The van der Waals surface area contributed by atoms with Crippen molar-refractivity contribution in [1.82, 2.24) is 30.1 Å². The number of hydrogen-bond donors (Lipinski definition) is 0. The molecular weight excluding hydrogens is 376 g/mol. The molecule has 7 nitrogen and oxygen atoms in total. The van der Waals surface area contributed by atoms with Crippen molar-refractivity contribution < 1.29 is 4.74 Å². The molecule has 1 aliphatic rings. The molecular formula is C23H24N6O.